The maximum atomic E-state index is 3.96. The first-order valence-electron chi connectivity index (χ1n) is 3.60. The number of nitrogens with zero attached hydrogens (tertiary/aromatic N) is 2. The van der Waals surface area contributed by atoms with E-state index in [4.69, 9.17) is 0 Å². The van der Waals surface area contributed by atoms with Crippen LogP contribution in [0.15, 0.2) is 4.99 Å². The van der Waals surface area contributed by atoms with Crippen LogP contribution >= 0.6 is 0 Å². The summed E-state index contributed by atoms with van der Waals surface area (Å²) in [5.41, 5.74) is 0. The molecule has 1 heterocycles. The summed E-state index contributed by atoms with van der Waals surface area (Å²) in [5.74, 6) is 0. The van der Waals surface area contributed by atoms with Gasteiger partial charge >= 0.3 is 0 Å². The zero-order valence-electron chi connectivity index (χ0n) is 6.01. The minimum absolute atomic E-state index is 1.21. The van der Waals surface area contributed by atoms with Crippen molar-refractivity contribution in [2.75, 3.05) is 20.1 Å². The van der Waals surface area contributed by atoms with E-state index in [0.29, 0.717) is 0 Å². The lowest BCUT2D eigenvalue weighted by molar-refractivity contribution is 0.350. The summed E-state index contributed by atoms with van der Waals surface area (Å²) in [6.45, 7) is 2.41. The van der Waals surface area contributed by atoms with Crippen LogP contribution in [0.1, 0.15) is 19.3 Å². The summed E-state index contributed by atoms with van der Waals surface area (Å²) in [7, 11) is 1.83. The molecule has 0 aromatic heterocycles. The molecule has 0 unspecified atom stereocenters. The fourth-order valence-corrected chi connectivity index (χ4v) is 1.20. The lowest BCUT2D eigenvalue weighted by Gasteiger charge is -2.23. The second-order valence-corrected chi connectivity index (χ2v) is 2.47. The average molecular weight is 126 g/mol. The van der Waals surface area contributed by atoms with Crippen molar-refractivity contribution in [3.8, 4) is 0 Å². The molecular formula is C7H14N2. The van der Waals surface area contributed by atoms with E-state index >= 15 is 0 Å². The van der Waals surface area contributed by atoms with E-state index in [0.717, 1.165) is 0 Å². The van der Waals surface area contributed by atoms with Crippen molar-refractivity contribution in [1.82, 2.24) is 4.90 Å². The van der Waals surface area contributed by atoms with Gasteiger partial charge in [-0.15, -0.1) is 0 Å². The Morgan fingerprint density at radius 2 is 1.89 bits per heavy atom. The number of piperidine rings is 1. The fraction of sp³-hybridized carbons (Fsp3) is 0.857. The van der Waals surface area contributed by atoms with Gasteiger partial charge in [0.25, 0.3) is 0 Å². The third kappa shape index (κ3) is 2.04. The highest BCUT2D eigenvalue weighted by molar-refractivity contribution is 5.54. The molecule has 1 saturated heterocycles. The van der Waals surface area contributed by atoms with Gasteiger partial charge in [-0.05, 0) is 19.3 Å². The highest BCUT2D eigenvalue weighted by Crippen LogP contribution is 2.05. The largest absolute Gasteiger partial charge is 0.363 e. The molecule has 0 spiro atoms. The first-order valence-corrected chi connectivity index (χ1v) is 3.60. The molecule has 1 aliphatic rings. The summed E-state index contributed by atoms with van der Waals surface area (Å²) >= 11 is 0. The molecule has 0 aromatic carbocycles. The topological polar surface area (TPSA) is 15.6 Å². The molecule has 2 nitrogen and oxygen atoms in total. The smallest absolute Gasteiger partial charge is 0.0846 e. The van der Waals surface area contributed by atoms with Gasteiger partial charge < -0.3 is 4.90 Å². The molecule has 52 valence electrons. The van der Waals surface area contributed by atoms with Crippen LogP contribution in [0.3, 0.4) is 0 Å². The Morgan fingerprint density at radius 1 is 1.22 bits per heavy atom. The van der Waals surface area contributed by atoms with Crippen LogP contribution < -0.4 is 0 Å². The van der Waals surface area contributed by atoms with Gasteiger partial charge in [-0.25, -0.2) is 0 Å². The second-order valence-electron chi connectivity index (χ2n) is 2.47. The minimum Gasteiger partial charge on any atom is -0.363 e. The molecule has 0 aromatic rings. The molecule has 1 rings (SSSR count). The Kier molecular flexibility index (Phi) is 2.55. The SMILES string of the molecule is C/N=C/N1CCCCC1. The van der Waals surface area contributed by atoms with E-state index in [1.54, 1.807) is 0 Å². The van der Waals surface area contributed by atoms with Crippen LogP contribution in [0.25, 0.3) is 0 Å². The molecule has 0 radical (unpaired) electrons. The quantitative estimate of drug-likeness (QED) is 0.380. The number of hydrogen-bond donors (Lipinski definition) is 0. The first-order chi connectivity index (χ1) is 4.43. The molecule has 1 fully saturated rings. The minimum atomic E-state index is 1.21. The highest BCUT2D eigenvalue weighted by Gasteiger charge is 2.04. The van der Waals surface area contributed by atoms with Gasteiger partial charge in [0.05, 0.1) is 6.34 Å². The molecule has 1 aliphatic heterocycles. The standard InChI is InChI=1S/C7H14N2/c1-8-7-9-5-3-2-4-6-9/h7H,2-6H2,1H3/b8-7+. The Balaban J connectivity index is 2.23. The zero-order chi connectivity index (χ0) is 6.53. The molecule has 0 saturated carbocycles. The number of hydrogen-bond acceptors (Lipinski definition) is 1. The second kappa shape index (κ2) is 3.49. The van der Waals surface area contributed by atoms with Gasteiger partial charge in [0.15, 0.2) is 0 Å². The predicted octanol–water partition coefficient (Wildman–Crippen LogP) is 1.13. The van der Waals surface area contributed by atoms with Crippen molar-refractivity contribution in [1.29, 1.82) is 0 Å². The summed E-state index contributed by atoms with van der Waals surface area (Å²) in [6.07, 6.45) is 6.02. The van der Waals surface area contributed by atoms with Crippen molar-refractivity contribution in [3.05, 3.63) is 0 Å². The summed E-state index contributed by atoms with van der Waals surface area (Å²) < 4.78 is 0. The third-order valence-corrected chi connectivity index (χ3v) is 1.67. The molecule has 2 heteroatoms. The van der Waals surface area contributed by atoms with Gasteiger partial charge in [-0.1, -0.05) is 0 Å². The van der Waals surface area contributed by atoms with Crippen molar-refractivity contribution < 1.29 is 0 Å². The molecule has 9 heavy (non-hydrogen) atoms. The lowest BCUT2D eigenvalue weighted by Crippen LogP contribution is -2.27. The Hall–Kier alpha value is -0.530. The van der Waals surface area contributed by atoms with E-state index in [-0.39, 0.29) is 0 Å². The normalized spacial score (nSPS) is 21.2. The summed E-state index contributed by atoms with van der Waals surface area (Å²) in [5, 5.41) is 0. The monoisotopic (exact) mass is 126 g/mol. The van der Waals surface area contributed by atoms with Crippen molar-refractivity contribution in [2.24, 2.45) is 4.99 Å². The number of aliphatic imine (C=N–C) groups is 1. The van der Waals surface area contributed by atoms with E-state index in [1.165, 1.54) is 32.4 Å². The molecule has 0 N–H and O–H groups in total. The van der Waals surface area contributed by atoms with Gasteiger partial charge in [0.2, 0.25) is 0 Å². The van der Waals surface area contributed by atoms with E-state index in [2.05, 4.69) is 9.89 Å². The fourth-order valence-electron chi connectivity index (χ4n) is 1.20. The van der Waals surface area contributed by atoms with E-state index in [1.807, 2.05) is 13.4 Å². The maximum absolute atomic E-state index is 3.96. The van der Waals surface area contributed by atoms with E-state index < -0.39 is 0 Å². The number of rotatable bonds is 1. The van der Waals surface area contributed by atoms with Crippen LogP contribution in [0.5, 0.6) is 0 Å². The van der Waals surface area contributed by atoms with Gasteiger partial charge in [0.1, 0.15) is 0 Å². The van der Waals surface area contributed by atoms with Crippen LogP contribution in [0.4, 0.5) is 0 Å². The molecule has 0 amide bonds. The van der Waals surface area contributed by atoms with Crippen LogP contribution in [-0.4, -0.2) is 31.4 Å². The molecule has 0 atom stereocenters. The first kappa shape index (κ1) is 6.59. The van der Waals surface area contributed by atoms with Gasteiger partial charge in [0, 0.05) is 20.1 Å². The molecular weight excluding hydrogens is 112 g/mol. The van der Waals surface area contributed by atoms with Gasteiger partial charge in [-0.2, -0.15) is 0 Å². The Morgan fingerprint density at radius 3 is 2.44 bits per heavy atom. The zero-order valence-corrected chi connectivity index (χ0v) is 6.01. The van der Waals surface area contributed by atoms with Gasteiger partial charge in [-0.3, -0.25) is 4.99 Å². The highest BCUT2D eigenvalue weighted by atomic mass is 15.1. The number of likely N-dealkylation sites (tertiary alicyclic amines) is 1. The average Bonchev–Trinajstić information content (AvgIpc) is 1.91. The summed E-state index contributed by atoms with van der Waals surface area (Å²) in [4.78, 5) is 6.24. The Labute approximate surface area is 56.6 Å². The van der Waals surface area contributed by atoms with Crippen molar-refractivity contribution in [2.45, 2.75) is 19.3 Å². The van der Waals surface area contributed by atoms with E-state index in [9.17, 15) is 0 Å². The Bertz CT molecular complexity index is 93.1. The lowest BCUT2D eigenvalue weighted by atomic mass is 10.1. The van der Waals surface area contributed by atoms with Crippen LogP contribution in [0, 0.1) is 0 Å². The summed E-state index contributed by atoms with van der Waals surface area (Å²) in [6, 6.07) is 0. The van der Waals surface area contributed by atoms with Crippen molar-refractivity contribution in [3.63, 3.8) is 0 Å². The van der Waals surface area contributed by atoms with Crippen LogP contribution in [-0.2, 0) is 0 Å². The maximum Gasteiger partial charge on any atom is 0.0846 e. The van der Waals surface area contributed by atoms with Crippen LogP contribution in [0.2, 0.25) is 0 Å². The predicted molar refractivity (Wildman–Crippen MR) is 39.8 cm³/mol. The third-order valence-electron chi connectivity index (χ3n) is 1.67. The molecule has 0 aliphatic carbocycles. The van der Waals surface area contributed by atoms with Crippen molar-refractivity contribution >= 4 is 6.34 Å². The molecule has 0 bridgehead atoms.